The zero-order valence-corrected chi connectivity index (χ0v) is 15.2. The number of thiazole rings is 1. The van der Waals surface area contributed by atoms with Crippen LogP contribution in [0.4, 0.5) is 5.69 Å². The predicted molar refractivity (Wildman–Crippen MR) is 97.3 cm³/mol. The van der Waals surface area contributed by atoms with Crippen LogP contribution in [0, 0.1) is 0 Å². The molecule has 1 heterocycles. The molecular weight excluding hydrogens is 322 g/mol. The van der Waals surface area contributed by atoms with Crippen molar-refractivity contribution in [3.05, 3.63) is 45.9 Å². The monoisotopic (exact) mass is 345 g/mol. The number of benzene rings is 1. The number of anilines is 1. The summed E-state index contributed by atoms with van der Waals surface area (Å²) in [6, 6.07) is 7.56. The molecule has 6 heteroatoms. The van der Waals surface area contributed by atoms with Gasteiger partial charge in [-0.25, -0.2) is 4.98 Å². The van der Waals surface area contributed by atoms with E-state index in [0.29, 0.717) is 18.0 Å². The van der Waals surface area contributed by atoms with Crippen molar-refractivity contribution in [2.45, 2.75) is 40.2 Å². The number of para-hydroxylation sites is 1. The van der Waals surface area contributed by atoms with E-state index in [1.54, 1.807) is 18.0 Å². The van der Waals surface area contributed by atoms with Gasteiger partial charge in [0.15, 0.2) is 0 Å². The van der Waals surface area contributed by atoms with Gasteiger partial charge in [-0.2, -0.15) is 0 Å². The lowest BCUT2D eigenvalue weighted by Gasteiger charge is -2.20. The van der Waals surface area contributed by atoms with E-state index < -0.39 is 0 Å². The number of aromatic nitrogens is 1. The molecule has 1 aromatic carbocycles. The van der Waals surface area contributed by atoms with E-state index in [4.69, 9.17) is 0 Å². The number of nitrogens with zero attached hydrogens (tertiary/aromatic N) is 2. The van der Waals surface area contributed by atoms with E-state index in [9.17, 15) is 9.59 Å². The number of amides is 2. The predicted octanol–water partition coefficient (Wildman–Crippen LogP) is 3.72. The number of carbonyl (C=O) groups excluding carboxylic acids is 2. The second kappa shape index (κ2) is 8.59. The SMILES string of the molecule is CCCc1ncc(C(=O)Nc2ccccc2CN(CC)C(C)=O)s1. The van der Waals surface area contributed by atoms with E-state index in [0.717, 1.165) is 29.1 Å². The second-order valence-corrected chi connectivity index (χ2v) is 6.63. The Morgan fingerprint density at radius 1 is 1.25 bits per heavy atom. The highest BCUT2D eigenvalue weighted by Crippen LogP contribution is 2.21. The number of hydrogen-bond acceptors (Lipinski definition) is 4. The van der Waals surface area contributed by atoms with Crippen molar-refractivity contribution >= 4 is 28.8 Å². The molecule has 1 N–H and O–H groups in total. The van der Waals surface area contributed by atoms with Crippen LogP contribution in [0.5, 0.6) is 0 Å². The highest BCUT2D eigenvalue weighted by Gasteiger charge is 2.14. The number of aryl methyl sites for hydroxylation is 1. The molecule has 0 aliphatic rings. The average Bonchev–Trinajstić information content (AvgIpc) is 3.03. The topological polar surface area (TPSA) is 62.3 Å². The van der Waals surface area contributed by atoms with Crippen LogP contribution in [0.25, 0.3) is 0 Å². The molecule has 0 fully saturated rings. The van der Waals surface area contributed by atoms with Crippen molar-refractivity contribution in [2.75, 3.05) is 11.9 Å². The Labute approximate surface area is 146 Å². The lowest BCUT2D eigenvalue weighted by atomic mass is 10.1. The quantitative estimate of drug-likeness (QED) is 0.832. The van der Waals surface area contributed by atoms with Crippen LogP contribution in [-0.4, -0.2) is 28.2 Å². The van der Waals surface area contributed by atoms with Crippen molar-refractivity contribution in [1.82, 2.24) is 9.88 Å². The molecule has 0 radical (unpaired) electrons. The van der Waals surface area contributed by atoms with Crippen molar-refractivity contribution < 1.29 is 9.59 Å². The first kappa shape index (κ1) is 18.1. The zero-order chi connectivity index (χ0) is 17.5. The Bertz CT molecular complexity index is 712. The van der Waals surface area contributed by atoms with E-state index in [1.165, 1.54) is 11.3 Å². The minimum atomic E-state index is -0.159. The third-order valence-electron chi connectivity index (χ3n) is 3.70. The molecule has 0 saturated carbocycles. The van der Waals surface area contributed by atoms with Gasteiger partial charge in [0.25, 0.3) is 5.91 Å². The van der Waals surface area contributed by atoms with Gasteiger partial charge in [0.1, 0.15) is 4.88 Å². The molecule has 0 bridgehead atoms. The average molecular weight is 345 g/mol. The molecule has 2 aromatic rings. The van der Waals surface area contributed by atoms with Crippen LogP contribution in [0.15, 0.2) is 30.5 Å². The van der Waals surface area contributed by atoms with Crippen molar-refractivity contribution in [3.63, 3.8) is 0 Å². The van der Waals surface area contributed by atoms with Crippen LogP contribution >= 0.6 is 11.3 Å². The number of nitrogens with one attached hydrogen (secondary N) is 1. The van der Waals surface area contributed by atoms with Gasteiger partial charge in [0.2, 0.25) is 5.91 Å². The molecule has 0 saturated heterocycles. The third kappa shape index (κ3) is 4.64. The molecule has 2 rings (SSSR count). The summed E-state index contributed by atoms with van der Waals surface area (Å²) in [7, 11) is 0. The minimum absolute atomic E-state index is 0.0188. The summed E-state index contributed by atoms with van der Waals surface area (Å²) in [6.07, 6.45) is 3.52. The third-order valence-corrected chi connectivity index (χ3v) is 4.75. The molecular formula is C18H23N3O2S. The van der Waals surface area contributed by atoms with Crippen LogP contribution in [-0.2, 0) is 17.8 Å². The van der Waals surface area contributed by atoms with Crippen LogP contribution in [0.1, 0.15) is 47.4 Å². The summed E-state index contributed by atoms with van der Waals surface area (Å²) in [6.45, 7) is 6.69. The molecule has 5 nitrogen and oxygen atoms in total. The highest BCUT2D eigenvalue weighted by atomic mass is 32.1. The van der Waals surface area contributed by atoms with Gasteiger partial charge in [0.05, 0.1) is 11.2 Å². The van der Waals surface area contributed by atoms with Gasteiger partial charge in [-0.1, -0.05) is 25.1 Å². The fraction of sp³-hybridized carbons (Fsp3) is 0.389. The maximum Gasteiger partial charge on any atom is 0.267 e. The molecule has 1 aromatic heterocycles. The Balaban J connectivity index is 2.14. The molecule has 24 heavy (non-hydrogen) atoms. The summed E-state index contributed by atoms with van der Waals surface area (Å²) >= 11 is 1.43. The molecule has 0 aliphatic heterocycles. The van der Waals surface area contributed by atoms with Crippen molar-refractivity contribution in [2.24, 2.45) is 0 Å². The van der Waals surface area contributed by atoms with E-state index in [1.807, 2.05) is 31.2 Å². The Hall–Kier alpha value is -2.21. The first-order valence-electron chi connectivity index (χ1n) is 8.14. The molecule has 0 atom stereocenters. The van der Waals surface area contributed by atoms with Gasteiger partial charge in [-0.15, -0.1) is 11.3 Å². The second-order valence-electron chi connectivity index (χ2n) is 5.51. The first-order valence-corrected chi connectivity index (χ1v) is 8.96. The van der Waals surface area contributed by atoms with Gasteiger partial charge in [-0.3, -0.25) is 9.59 Å². The highest BCUT2D eigenvalue weighted by molar-refractivity contribution is 7.13. The Morgan fingerprint density at radius 3 is 2.67 bits per heavy atom. The molecule has 0 spiro atoms. The van der Waals surface area contributed by atoms with Gasteiger partial charge in [0, 0.05) is 25.7 Å². The van der Waals surface area contributed by atoms with E-state index >= 15 is 0 Å². The largest absolute Gasteiger partial charge is 0.339 e. The zero-order valence-electron chi connectivity index (χ0n) is 14.3. The number of hydrogen-bond donors (Lipinski definition) is 1. The summed E-state index contributed by atoms with van der Waals surface area (Å²) < 4.78 is 0. The Morgan fingerprint density at radius 2 is 2.00 bits per heavy atom. The summed E-state index contributed by atoms with van der Waals surface area (Å²) in [5.41, 5.74) is 1.65. The minimum Gasteiger partial charge on any atom is -0.339 e. The number of carbonyl (C=O) groups is 2. The van der Waals surface area contributed by atoms with Crippen LogP contribution in [0.2, 0.25) is 0 Å². The molecule has 128 valence electrons. The fourth-order valence-corrected chi connectivity index (χ4v) is 3.27. The number of rotatable bonds is 7. The van der Waals surface area contributed by atoms with Crippen molar-refractivity contribution in [3.8, 4) is 0 Å². The summed E-state index contributed by atoms with van der Waals surface area (Å²) in [5, 5.41) is 3.92. The smallest absolute Gasteiger partial charge is 0.267 e. The molecule has 2 amide bonds. The van der Waals surface area contributed by atoms with E-state index in [2.05, 4.69) is 17.2 Å². The summed E-state index contributed by atoms with van der Waals surface area (Å²) in [5.74, 6) is -0.140. The fourth-order valence-electron chi connectivity index (χ4n) is 2.36. The van der Waals surface area contributed by atoms with Crippen LogP contribution in [0.3, 0.4) is 0 Å². The van der Waals surface area contributed by atoms with Gasteiger partial charge >= 0.3 is 0 Å². The lowest BCUT2D eigenvalue weighted by Crippen LogP contribution is -2.28. The standard InChI is InChI=1S/C18H23N3O2S/c1-4-8-17-19-11-16(24-17)18(23)20-15-10-7-6-9-14(15)12-21(5-2)13(3)22/h6-7,9-11H,4-5,8,12H2,1-3H3,(H,20,23). The normalized spacial score (nSPS) is 10.5. The lowest BCUT2D eigenvalue weighted by molar-refractivity contribution is -0.129. The molecule has 0 unspecified atom stereocenters. The summed E-state index contributed by atoms with van der Waals surface area (Å²) in [4.78, 5) is 30.7. The maximum absolute atomic E-state index is 12.5. The van der Waals surface area contributed by atoms with Gasteiger partial charge in [-0.05, 0) is 31.4 Å². The van der Waals surface area contributed by atoms with Gasteiger partial charge < -0.3 is 10.2 Å². The van der Waals surface area contributed by atoms with E-state index in [-0.39, 0.29) is 11.8 Å². The first-order chi connectivity index (χ1) is 11.5. The van der Waals surface area contributed by atoms with Crippen LogP contribution < -0.4 is 5.32 Å². The Kier molecular flexibility index (Phi) is 6.49. The maximum atomic E-state index is 12.5. The molecule has 0 aliphatic carbocycles. The van der Waals surface area contributed by atoms with Crippen molar-refractivity contribution in [1.29, 1.82) is 0 Å².